The van der Waals surface area contributed by atoms with Crippen LogP contribution >= 0.6 is 11.8 Å². The second kappa shape index (κ2) is 8.40. The molecule has 0 atom stereocenters. The molecule has 0 unspecified atom stereocenters. The van der Waals surface area contributed by atoms with E-state index in [9.17, 15) is 4.79 Å². The number of hydrogen-bond donors (Lipinski definition) is 0. The van der Waals surface area contributed by atoms with Crippen molar-refractivity contribution in [2.75, 3.05) is 5.75 Å². The molecule has 0 saturated carbocycles. The van der Waals surface area contributed by atoms with Crippen molar-refractivity contribution < 1.29 is 4.79 Å². The van der Waals surface area contributed by atoms with Gasteiger partial charge in [0.1, 0.15) is 5.78 Å². The molecule has 1 aromatic rings. The summed E-state index contributed by atoms with van der Waals surface area (Å²) in [5.74, 6) is 2.57. The number of benzene rings is 1. The summed E-state index contributed by atoms with van der Waals surface area (Å²) in [6.45, 7) is 2.06. The molecule has 0 aliphatic carbocycles. The Labute approximate surface area is 103 Å². The minimum atomic E-state index is 0.419. The van der Waals surface area contributed by atoms with Gasteiger partial charge in [-0.25, -0.2) is 0 Å². The fraction of sp³-hybridized carbons (Fsp3) is 0.500. The molecule has 0 heterocycles. The van der Waals surface area contributed by atoms with E-state index in [0.29, 0.717) is 5.78 Å². The third-order valence-electron chi connectivity index (χ3n) is 2.38. The average molecular weight is 236 g/mol. The highest BCUT2D eigenvalue weighted by atomic mass is 32.2. The summed E-state index contributed by atoms with van der Waals surface area (Å²) in [6, 6.07) is 10.5. The minimum Gasteiger partial charge on any atom is -0.300 e. The maximum atomic E-state index is 11.3. The second-order valence-electron chi connectivity index (χ2n) is 3.93. The highest BCUT2D eigenvalue weighted by Crippen LogP contribution is 2.13. The van der Waals surface area contributed by atoms with Crippen molar-refractivity contribution in [1.29, 1.82) is 0 Å². The van der Waals surface area contributed by atoms with Crippen LogP contribution in [0.3, 0.4) is 0 Å². The first-order valence-electron chi connectivity index (χ1n) is 5.96. The molecule has 0 bridgehead atoms. The highest BCUT2D eigenvalue weighted by Gasteiger charge is 1.99. The molecule has 0 saturated heterocycles. The third-order valence-corrected chi connectivity index (χ3v) is 3.50. The van der Waals surface area contributed by atoms with Gasteiger partial charge in [-0.2, -0.15) is 11.8 Å². The molecule has 0 aromatic heterocycles. The number of thioether (sulfide) groups is 1. The summed E-state index contributed by atoms with van der Waals surface area (Å²) in [5.41, 5.74) is 1.37. The second-order valence-corrected chi connectivity index (χ2v) is 5.04. The first kappa shape index (κ1) is 13.3. The van der Waals surface area contributed by atoms with Crippen molar-refractivity contribution in [2.45, 2.75) is 38.4 Å². The van der Waals surface area contributed by atoms with Crippen LogP contribution in [-0.2, 0) is 10.5 Å². The molecule has 0 fully saturated rings. The minimum absolute atomic E-state index is 0.419. The Kier molecular flexibility index (Phi) is 6.98. The normalized spacial score (nSPS) is 10.3. The smallest absolute Gasteiger partial charge is 0.132 e. The van der Waals surface area contributed by atoms with E-state index in [1.807, 2.05) is 17.8 Å². The van der Waals surface area contributed by atoms with E-state index in [1.165, 1.54) is 5.56 Å². The summed E-state index contributed by atoms with van der Waals surface area (Å²) in [6.07, 6.45) is 3.52. The fourth-order valence-corrected chi connectivity index (χ4v) is 2.46. The Morgan fingerprint density at radius 1 is 1.19 bits per heavy atom. The van der Waals surface area contributed by atoms with Crippen LogP contribution in [0, 0.1) is 0 Å². The molecule has 16 heavy (non-hydrogen) atoms. The Morgan fingerprint density at radius 2 is 1.94 bits per heavy atom. The van der Waals surface area contributed by atoms with Gasteiger partial charge in [-0.05, 0) is 24.2 Å². The molecule has 1 nitrogen and oxygen atoms in total. The molecule has 88 valence electrons. The summed E-state index contributed by atoms with van der Waals surface area (Å²) in [7, 11) is 0. The first-order valence-corrected chi connectivity index (χ1v) is 7.11. The zero-order valence-corrected chi connectivity index (χ0v) is 10.8. The van der Waals surface area contributed by atoms with Crippen molar-refractivity contribution in [3.63, 3.8) is 0 Å². The molecule has 0 amide bonds. The van der Waals surface area contributed by atoms with Crippen molar-refractivity contribution in [2.24, 2.45) is 0 Å². The van der Waals surface area contributed by atoms with Crippen LogP contribution in [0.2, 0.25) is 0 Å². The van der Waals surface area contributed by atoms with Gasteiger partial charge in [-0.15, -0.1) is 0 Å². The van der Waals surface area contributed by atoms with E-state index < -0.39 is 0 Å². The molecule has 0 spiro atoms. The van der Waals surface area contributed by atoms with Gasteiger partial charge >= 0.3 is 0 Å². The van der Waals surface area contributed by atoms with Crippen molar-refractivity contribution in [3.8, 4) is 0 Å². The molecule has 2 heteroatoms. The molecule has 0 radical (unpaired) electrons. The zero-order chi connectivity index (χ0) is 11.6. The molecular weight excluding hydrogens is 216 g/mol. The lowest BCUT2D eigenvalue weighted by Crippen LogP contribution is -1.97. The monoisotopic (exact) mass is 236 g/mol. The van der Waals surface area contributed by atoms with Gasteiger partial charge in [-0.1, -0.05) is 37.3 Å². The largest absolute Gasteiger partial charge is 0.300 e. The Balaban J connectivity index is 2.02. The summed E-state index contributed by atoms with van der Waals surface area (Å²) >= 11 is 1.91. The standard InChI is InChI=1S/C14H20OS/c1-2-7-14(15)10-6-11-16-12-13-8-4-3-5-9-13/h3-5,8-9H,2,6-7,10-12H2,1H3. The van der Waals surface area contributed by atoms with Crippen LogP contribution in [0.25, 0.3) is 0 Å². The number of Topliss-reactive ketones (excluding diaryl/α,β-unsaturated/α-hetero) is 1. The SMILES string of the molecule is CCCC(=O)CCCSCc1ccccc1. The number of rotatable bonds is 8. The zero-order valence-electron chi connectivity index (χ0n) is 9.95. The van der Waals surface area contributed by atoms with E-state index in [0.717, 1.165) is 37.2 Å². The van der Waals surface area contributed by atoms with Crippen molar-refractivity contribution >= 4 is 17.5 Å². The van der Waals surface area contributed by atoms with Gasteiger partial charge in [0.05, 0.1) is 0 Å². The Morgan fingerprint density at radius 3 is 2.62 bits per heavy atom. The van der Waals surface area contributed by atoms with E-state index in [-0.39, 0.29) is 0 Å². The van der Waals surface area contributed by atoms with Gasteiger partial charge in [0, 0.05) is 18.6 Å². The quantitative estimate of drug-likeness (QED) is 0.633. The molecule has 1 rings (SSSR count). The molecule has 0 N–H and O–H groups in total. The van der Waals surface area contributed by atoms with Crippen LogP contribution in [0.5, 0.6) is 0 Å². The van der Waals surface area contributed by atoms with E-state index in [4.69, 9.17) is 0 Å². The Bertz CT molecular complexity index is 295. The predicted octanol–water partition coefficient (Wildman–Crippen LogP) is 4.07. The van der Waals surface area contributed by atoms with E-state index >= 15 is 0 Å². The summed E-state index contributed by atoms with van der Waals surface area (Å²) < 4.78 is 0. The van der Waals surface area contributed by atoms with Crippen LogP contribution < -0.4 is 0 Å². The summed E-state index contributed by atoms with van der Waals surface area (Å²) in [4.78, 5) is 11.3. The van der Waals surface area contributed by atoms with Crippen LogP contribution in [-0.4, -0.2) is 11.5 Å². The Hall–Kier alpha value is -0.760. The highest BCUT2D eigenvalue weighted by molar-refractivity contribution is 7.98. The number of hydrogen-bond acceptors (Lipinski definition) is 2. The molecular formula is C14H20OS. The van der Waals surface area contributed by atoms with Gasteiger partial charge in [0.15, 0.2) is 0 Å². The lowest BCUT2D eigenvalue weighted by Gasteiger charge is -2.01. The van der Waals surface area contributed by atoms with Gasteiger partial charge in [-0.3, -0.25) is 4.79 Å². The molecule has 1 aromatic carbocycles. The number of carbonyl (C=O) groups excluding carboxylic acids is 1. The van der Waals surface area contributed by atoms with Crippen molar-refractivity contribution in [1.82, 2.24) is 0 Å². The topological polar surface area (TPSA) is 17.1 Å². The maximum Gasteiger partial charge on any atom is 0.132 e. The molecule has 0 aliphatic heterocycles. The summed E-state index contributed by atoms with van der Waals surface area (Å²) in [5, 5.41) is 0. The predicted molar refractivity (Wildman–Crippen MR) is 71.8 cm³/mol. The third kappa shape index (κ3) is 5.96. The van der Waals surface area contributed by atoms with E-state index in [2.05, 4.69) is 31.2 Å². The fourth-order valence-electron chi connectivity index (χ4n) is 1.54. The lowest BCUT2D eigenvalue weighted by molar-refractivity contribution is -0.119. The number of ketones is 1. The first-order chi connectivity index (χ1) is 7.83. The van der Waals surface area contributed by atoms with Gasteiger partial charge < -0.3 is 0 Å². The lowest BCUT2D eigenvalue weighted by atomic mass is 10.1. The maximum absolute atomic E-state index is 11.3. The van der Waals surface area contributed by atoms with Gasteiger partial charge in [0.25, 0.3) is 0 Å². The number of carbonyl (C=O) groups is 1. The van der Waals surface area contributed by atoms with Crippen LogP contribution in [0.1, 0.15) is 38.2 Å². The van der Waals surface area contributed by atoms with Crippen LogP contribution in [0.15, 0.2) is 30.3 Å². The van der Waals surface area contributed by atoms with Crippen LogP contribution in [0.4, 0.5) is 0 Å². The average Bonchev–Trinajstić information content (AvgIpc) is 2.30. The van der Waals surface area contributed by atoms with Gasteiger partial charge in [0.2, 0.25) is 0 Å². The molecule has 0 aliphatic rings. The van der Waals surface area contributed by atoms with Crippen molar-refractivity contribution in [3.05, 3.63) is 35.9 Å². The van der Waals surface area contributed by atoms with E-state index in [1.54, 1.807) is 0 Å².